The third-order valence-corrected chi connectivity index (χ3v) is 5.28. The number of thioether (sulfide) groups is 1. The lowest BCUT2D eigenvalue weighted by Gasteiger charge is -2.17. The van der Waals surface area contributed by atoms with Crippen molar-refractivity contribution in [3.8, 4) is 11.5 Å². The molecule has 0 spiro atoms. The number of aromatic nitrogens is 3. The largest absolute Gasteiger partial charge is 0.411 e. The second-order valence-electron chi connectivity index (χ2n) is 6.55. The molecule has 0 aliphatic rings. The number of nitrogens with zero attached hydrogens (tertiary/aromatic N) is 3. The first-order valence-corrected chi connectivity index (χ1v) is 9.82. The molecule has 8 heteroatoms. The molecule has 6 nitrogen and oxygen atoms in total. The molecule has 1 atom stereocenters. The first kappa shape index (κ1) is 20.3. The minimum atomic E-state index is -0.333. The number of methoxy groups -OCH3 is 1. The zero-order valence-electron chi connectivity index (χ0n) is 16.2. The Kier molecular flexibility index (Phi) is 6.31. The highest BCUT2D eigenvalue weighted by molar-refractivity contribution is 7.99. The van der Waals surface area contributed by atoms with Crippen LogP contribution in [0.25, 0.3) is 11.5 Å². The minimum absolute atomic E-state index is 0.00417. The number of carbonyl (C=O) groups is 1. The monoisotopic (exact) mass is 403 g/mol. The average molecular weight is 403 g/mol. The van der Waals surface area contributed by atoms with Gasteiger partial charge in [0.25, 0.3) is 5.22 Å². The van der Waals surface area contributed by atoms with Gasteiger partial charge in [-0.15, -0.1) is 10.2 Å². The summed E-state index contributed by atoms with van der Waals surface area (Å²) in [6.07, 6.45) is 0. The maximum Gasteiger partial charge on any atom is 0.277 e. The number of hydrogen-bond acceptors (Lipinski definition) is 6. The number of rotatable bonds is 8. The number of halogens is 1. The Morgan fingerprint density at radius 3 is 2.68 bits per heavy atom. The van der Waals surface area contributed by atoms with Crippen LogP contribution in [0.15, 0.2) is 40.0 Å². The van der Waals surface area contributed by atoms with E-state index in [9.17, 15) is 9.18 Å². The highest BCUT2D eigenvalue weighted by Gasteiger charge is 2.20. The van der Waals surface area contributed by atoms with Crippen LogP contribution in [0, 0.1) is 19.7 Å². The maximum atomic E-state index is 13.0. The molecule has 148 valence electrons. The Labute approximate surface area is 167 Å². The lowest BCUT2D eigenvalue weighted by Crippen LogP contribution is -2.14. The van der Waals surface area contributed by atoms with Crippen molar-refractivity contribution in [3.05, 3.63) is 53.1 Å². The fourth-order valence-corrected chi connectivity index (χ4v) is 3.88. The Bertz CT molecular complexity index is 966. The molecule has 0 N–H and O–H groups in total. The summed E-state index contributed by atoms with van der Waals surface area (Å²) in [6.45, 7) is 6.56. The van der Waals surface area contributed by atoms with Crippen LogP contribution >= 0.6 is 11.8 Å². The zero-order valence-corrected chi connectivity index (χ0v) is 17.0. The van der Waals surface area contributed by atoms with E-state index in [0.29, 0.717) is 28.8 Å². The minimum Gasteiger partial charge on any atom is -0.411 e. The van der Waals surface area contributed by atoms with Gasteiger partial charge in [0, 0.05) is 29.6 Å². The number of benzene rings is 1. The molecule has 2 heterocycles. The molecule has 0 bridgehead atoms. The average Bonchev–Trinajstić information content (AvgIpc) is 3.25. The van der Waals surface area contributed by atoms with Gasteiger partial charge in [-0.05, 0) is 51.1 Å². The third kappa shape index (κ3) is 4.34. The summed E-state index contributed by atoms with van der Waals surface area (Å²) in [5.74, 6) is 0.145. The fraction of sp³-hybridized carbons (Fsp3) is 0.350. The van der Waals surface area contributed by atoms with Crippen LogP contribution in [-0.2, 0) is 4.74 Å². The molecule has 0 saturated heterocycles. The molecule has 3 rings (SSSR count). The van der Waals surface area contributed by atoms with E-state index >= 15 is 0 Å². The number of aryl methyl sites for hydroxylation is 1. The molecule has 0 radical (unpaired) electrons. The summed E-state index contributed by atoms with van der Waals surface area (Å²) < 4.78 is 25.9. The van der Waals surface area contributed by atoms with Gasteiger partial charge in [0.2, 0.25) is 5.89 Å². The molecule has 1 aromatic carbocycles. The SMILES string of the molecule is COC[C@H](C)n1c(C)cc(C(=O)CSc2nnc(-c3ccc(F)cc3)o2)c1C. The van der Waals surface area contributed by atoms with E-state index < -0.39 is 0 Å². The standard InChI is InChI=1S/C20H22FN3O3S/c1-12-9-17(14(3)24(12)13(2)10-26-4)18(25)11-28-20-23-22-19(27-20)15-5-7-16(21)8-6-15/h5-9,13H,10-11H2,1-4H3/t13-/m0/s1. The highest BCUT2D eigenvalue weighted by Crippen LogP contribution is 2.26. The van der Waals surface area contributed by atoms with Gasteiger partial charge in [-0.25, -0.2) is 4.39 Å². The smallest absolute Gasteiger partial charge is 0.277 e. The lowest BCUT2D eigenvalue weighted by atomic mass is 10.2. The van der Waals surface area contributed by atoms with Crippen LogP contribution in [0.2, 0.25) is 0 Å². The molecule has 0 amide bonds. The van der Waals surface area contributed by atoms with Gasteiger partial charge in [0.1, 0.15) is 5.82 Å². The van der Waals surface area contributed by atoms with Crippen molar-refractivity contribution in [2.45, 2.75) is 32.0 Å². The lowest BCUT2D eigenvalue weighted by molar-refractivity contribution is 0.102. The summed E-state index contributed by atoms with van der Waals surface area (Å²) >= 11 is 1.19. The molecule has 28 heavy (non-hydrogen) atoms. The van der Waals surface area contributed by atoms with Gasteiger partial charge < -0.3 is 13.7 Å². The van der Waals surface area contributed by atoms with Crippen LogP contribution in [0.4, 0.5) is 4.39 Å². The number of Topliss-reactive ketones (excluding diaryl/α,β-unsaturated/α-hetero) is 1. The summed E-state index contributed by atoms with van der Waals surface area (Å²) in [5.41, 5.74) is 3.26. The van der Waals surface area contributed by atoms with Crippen LogP contribution < -0.4 is 0 Å². The zero-order chi connectivity index (χ0) is 20.3. The van der Waals surface area contributed by atoms with Crippen molar-refractivity contribution in [2.24, 2.45) is 0 Å². The second-order valence-corrected chi connectivity index (χ2v) is 7.48. The van der Waals surface area contributed by atoms with E-state index in [1.54, 1.807) is 19.2 Å². The van der Waals surface area contributed by atoms with Crippen molar-refractivity contribution < 1.29 is 18.3 Å². The van der Waals surface area contributed by atoms with Gasteiger partial charge >= 0.3 is 0 Å². The number of ketones is 1. The van der Waals surface area contributed by atoms with Crippen LogP contribution in [0.1, 0.15) is 34.7 Å². The number of carbonyl (C=O) groups excluding carboxylic acids is 1. The Hall–Kier alpha value is -2.45. The number of ether oxygens (including phenoxy) is 1. The normalized spacial score (nSPS) is 12.3. The van der Waals surface area contributed by atoms with E-state index in [2.05, 4.69) is 21.7 Å². The molecular formula is C20H22FN3O3S. The van der Waals surface area contributed by atoms with E-state index in [-0.39, 0.29) is 23.4 Å². The summed E-state index contributed by atoms with van der Waals surface area (Å²) in [7, 11) is 1.66. The van der Waals surface area contributed by atoms with Gasteiger partial charge in [0.15, 0.2) is 5.78 Å². The molecule has 0 aliphatic heterocycles. The highest BCUT2D eigenvalue weighted by atomic mass is 32.2. The Morgan fingerprint density at radius 2 is 2.00 bits per heavy atom. The third-order valence-electron chi connectivity index (χ3n) is 4.46. The first-order chi connectivity index (χ1) is 13.4. The quantitative estimate of drug-likeness (QED) is 0.408. The predicted molar refractivity (Wildman–Crippen MR) is 105 cm³/mol. The van der Waals surface area contributed by atoms with E-state index in [1.165, 1.54) is 23.9 Å². The predicted octanol–water partition coefficient (Wildman–Crippen LogP) is 4.48. The Balaban J connectivity index is 1.68. The van der Waals surface area contributed by atoms with Crippen molar-refractivity contribution in [3.63, 3.8) is 0 Å². The van der Waals surface area contributed by atoms with E-state index in [0.717, 1.165) is 11.4 Å². The topological polar surface area (TPSA) is 70.2 Å². The molecule has 0 saturated carbocycles. The fourth-order valence-electron chi connectivity index (χ4n) is 3.24. The Morgan fingerprint density at radius 1 is 1.29 bits per heavy atom. The maximum absolute atomic E-state index is 13.0. The molecule has 0 unspecified atom stereocenters. The molecular weight excluding hydrogens is 381 g/mol. The molecule has 0 aliphatic carbocycles. The first-order valence-electron chi connectivity index (χ1n) is 8.83. The molecule has 3 aromatic rings. The van der Waals surface area contributed by atoms with Gasteiger partial charge in [-0.3, -0.25) is 4.79 Å². The van der Waals surface area contributed by atoms with E-state index in [1.807, 2.05) is 19.9 Å². The van der Waals surface area contributed by atoms with Crippen molar-refractivity contribution >= 4 is 17.5 Å². The summed E-state index contributed by atoms with van der Waals surface area (Å²) in [6, 6.07) is 7.85. The van der Waals surface area contributed by atoms with Crippen LogP contribution in [0.3, 0.4) is 0 Å². The van der Waals surface area contributed by atoms with E-state index in [4.69, 9.17) is 9.15 Å². The molecule has 2 aromatic heterocycles. The summed E-state index contributed by atoms with van der Waals surface area (Å²) in [4.78, 5) is 12.7. The molecule has 0 fully saturated rings. The van der Waals surface area contributed by atoms with Gasteiger partial charge in [0.05, 0.1) is 18.4 Å². The summed E-state index contributed by atoms with van der Waals surface area (Å²) in [5, 5.41) is 8.21. The number of hydrogen-bond donors (Lipinski definition) is 0. The van der Waals surface area contributed by atoms with Crippen LogP contribution in [-0.4, -0.2) is 40.0 Å². The van der Waals surface area contributed by atoms with Gasteiger partial charge in [-0.2, -0.15) is 0 Å². The van der Waals surface area contributed by atoms with Crippen molar-refractivity contribution in [2.75, 3.05) is 19.5 Å². The second kappa shape index (κ2) is 8.70. The van der Waals surface area contributed by atoms with Gasteiger partial charge in [-0.1, -0.05) is 11.8 Å². The van der Waals surface area contributed by atoms with Crippen molar-refractivity contribution in [1.82, 2.24) is 14.8 Å². The van der Waals surface area contributed by atoms with Crippen LogP contribution in [0.5, 0.6) is 0 Å². The van der Waals surface area contributed by atoms with Crippen molar-refractivity contribution in [1.29, 1.82) is 0 Å².